The Morgan fingerprint density at radius 2 is 1.50 bits per heavy atom. The van der Waals surface area contributed by atoms with E-state index in [1.54, 1.807) is 19.1 Å². The van der Waals surface area contributed by atoms with Gasteiger partial charge in [-0.1, -0.05) is 0 Å². The highest BCUT2D eigenvalue weighted by atomic mass is 19.1. The van der Waals surface area contributed by atoms with Gasteiger partial charge in [0, 0.05) is 39.0 Å². The minimum absolute atomic E-state index is 0.329. The summed E-state index contributed by atoms with van der Waals surface area (Å²) in [5.41, 5.74) is 8.60. The second-order valence-corrected chi connectivity index (χ2v) is 7.79. The predicted octanol–water partition coefficient (Wildman–Crippen LogP) is 4.47. The normalized spacial score (nSPS) is 12.4. The Bertz CT molecular complexity index is 1400. The van der Waals surface area contributed by atoms with Crippen LogP contribution in [0.15, 0.2) is 47.6 Å². The summed E-state index contributed by atoms with van der Waals surface area (Å²) in [5.74, 6) is 6.10. The molecule has 0 aliphatic rings. The van der Waals surface area contributed by atoms with Gasteiger partial charge in [0.05, 0.1) is 24.2 Å². The van der Waals surface area contributed by atoms with Crippen LogP contribution in [-0.2, 0) is 0 Å². The van der Waals surface area contributed by atoms with Gasteiger partial charge in [0.15, 0.2) is 5.75 Å². The number of aromatic nitrogens is 2. The maximum Gasteiger partial charge on any atom is 0.167 e. The van der Waals surface area contributed by atoms with Crippen molar-refractivity contribution in [1.29, 1.82) is 0 Å². The maximum atomic E-state index is 14.0. The maximum absolute atomic E-state index is 14.0. The van der Waals surface area contributed by atoms with Gasteiger partial charge in [-0.15, -0.1) is 5.10 Å². The van der Waals surface area contributed by atoms with Crippen LogP contribution in [0.5, 0.6) is 5.75 Å². The molecule has 32 heavy (non-hydrogen) atoms. The highest BCUT2D eigenvalue weighted by Crippen LogP contribution is 2.41. The number of halogens is 2. The Morgan fingerprint density at radius 3 is 2.03 bits per heavy atom. The van der Waals surface area contributed by atoms with Crippen molar-refractivity contribution in [1.82, 2.24) is 15.1 Å². The van der Waals surface area contributed by atoms with E-state index in [-0.39, 0.29) is 11.6 Å². The van der Waals surface area contributed by atoms with Crippen molar-refractivity contribution in [3.05, 3.63) is 54.1 Å². The number of hydrogen-bond donors (Lipinski definition) is 4. The summed E-state index contributed by atoms with van der Waals surface area (Å²) in [5, 5.41) is 8.31. The molecule has 2 heterocycles. The number of nitrogens with one attached hydrogen (secondary N) is 2. The summed E-state index contributed by atoms with van der Waals surface area (Å²) < 4.78 is 34.2. The average molecular weight is 436 g/mol. The average Bonchev–Trinajstić information content (AvgIpc) is 3.28. The molecule has 0 aliphatic carbocycles. The van der Waals surface area contributed by atoms with Crippen LogP contribution in [0.2, 0.25) is 0 Å². The second kappa shape index (κ2) is 7.69. The number of benzene rings is 3. The van der Waals surface area contributed by atoms with Gasteiger partial charge in [0.25, 0.3) is 0 Å². The van der Waals surface area contributed by atoms with E-state index in [0.717, 1.165) is 43.6 Å². The van der Waals surface area contributed by atoms with Gasteiger partial charge < -0.3 is 20.4 Å². The highest BCUT2D eigenvalue weighted by Gasteiger charge is 2.18. The van der Waals surface area contributed by atoms with Crippen LogP contribution in [0, 0.1) is 11.6 Å². The van der Waals surface area contributed by atoms with E-state index in [4.69, 9.17) is 16.3 Å². The predicted molar refractivity (Wildman–Crippen MR) is 123 cm³/mol. The molecule has 164 valence electrons. The van der Waals surface area contributed by atoms with Crippen molar-refractivity contribution >= 4 is 49.4 Å². The number of hydrazone groups is 1. The van der Waals surface area contributed by atoms with E-state index in [2.05, 4.69) is 15.1 Å². The number of fused-ring (bicyclic) bond motifs is 6. The van der Waals surface area contributed by atoms with E-state index < -0.39 is 0 Å². The van der Waals surface area contributed by atoms with Crippen molar-refractivity contribution in [2.45, 2.75) is 13.3 Å². The van der Waals surface area contributed by atoms with E-state index in [1.165, 1.54) is 29.4 Å². The first-order chi connectivity index (χ1) is 15.4. The SMILES string of the molecule is C/C(N)=N/N(N)CCCOc1c2[nH]c3ccc(F)cc3c2cc2c1[nH]c1ccc(F)cc12. The Morgan fingerprint density at radius 1 is 0.938 bits per heavy atom. The first-order valence-corrected chi connectivity index (χ1v) is 10.2. The fourth-order valence-electron chi connectivity index (χ4n) is 4.10. The number of hydrazine groups is 1. The topological polar surface area (TPSA) is 108 Å². The minimum Gasteiger partial charge on any atom is -0.489 e. The Labute approximate surface area is 181 Å². The van der Waals surface area contributed by atoms with Crippen molar-refractivity contribution in [3.8, 4) is 5.75 Å². The number of rotatable bonds is 6. The molecule has 6 N–H and O–H groups in total. The number of aromatic amines is 2. The van der Waals surface area contributed by atoms with E-state index in [0.29, 0.717) is 31.2 Å². The van der Waals surface area contributed by atoms with Crippen LogP contribution >= 0.6 is 0 Å². The molecule has 0 fully saturated rings. The molecule has 0 atom stereocenters. The van der Waals surface area contributed by atoms with Crippen molar-refractivity contribution in [3.63, 3.8) is 0 Å². The van der Waals surface area contributed by atoms with Crippen molar-refractivity contribution in [2.75, 3.05) is 13.2 Å². The molecule has 3 aromatic carbocycles. The summed E-state index contributed by atoms with van der Waals surface area (Å²) in [4.78, 5) is 6.68. The number of hydrogen-bond acceptors (Lipinski definition) is 4. The lowest BCUT2D eigenvalue weighted by Crippen LogP contribution is -2.30. The van der Waals surface area contributed by atoms with E-state index in [1.807, 2.05) is 6.07 Å². The van der Waals surface area contributed by atoms with Gasteiger partial charge in [-0.05, 0) is 49.4 Å². The first kappa shape index (κ1) is 20.1. The number of amidine groups is 1. The molecule has 5 aromatic rings. The van der Waals surface area contributed by atoms with Crippen LogP contribution in [-0.4, -0.2) is 34.1 Å². The Balaban J connectivity index is 1.63. The lowest BCUT2D eigenvalue weighted by Gasteiger charge is -2.14. The zero-order valence-electron chi connectivity index (χ0n) is 17.4. The molecule has 0 bridgehead atoms. The van der Waals surface area contributed by atoms with E-state index >= 15 is 0 Å². The molecule has 0 spiro atoms. The zero-order valence-corrected chi connectivity index (χ0v) is 17.4. The number of nitrogens with zero attached hydrogens (tertiary/aromatic N) is 2. The molecular formula is C23H22F2N6O. The monoisotopic (exact) mass is 436 g/mol. The van der Waals surface area contributed by atoms with Gasteiger partial charge in [-0.25, -0.2) is 19.7 Å². The fraction of sp³-hybridized carbons (Fsp3) is 0.174. The third-order valence-corrected chi connectivity index (χ3v) is 5.41. The Kier molecular flexibility index (Phi) is 4.82. The summed E-state index contributed by atoms with van der Waals surface area (Å²) in [7, 11) is 0. The van der Waals surface area contributed by atoms with Gasteiger partial charge in [0.2, 0.25) is 0 Å². The lowest BCUT2D eigenvalue weighted by atomic mass is 10.1. The number of H-pyrrole nitrogens is 2. The van der Waals surface area contributed by atoms with Crippen LogP contribution in [0.3, 0.4) is 0 Å². The van der Waals surface area contributed by atoms with Crippen LogP contribution in [0.25, 0.3) is 43.6 Å². The van der Waals surface area contributed by atoms with E-state index in [9.17, 15) is 8.78 Å². The van der Waals surface area contributed by atoms with Crippen LogP contribution in [0.4, 0.5) is 8.78 Å². The number of ether oxygens (including phenoxy) is 1. The van der Waals surface area contributed by atoms with Gasteiger partial charge in [-0.2, -0.15) is 0 Å². The molecule has 0 saturated carbocycles. The third-order valence-electron chi connectivity index (χ3n) is 5.41. The molecule has 0 aliphatic heterocycles. The molecule has 0 radical (unpaired) electrons. The first-order valence-electron chi connectivity index (χ1n) is 10.2. The van der Waals surface area contributed by atoms with Crippen LogP contribution < -0.4 is 16.3 Å². The summed E-state index contributed by atoms with van der Waals surface area (Å²) >= 11 is 0. The molecule has 2 aromatic heterocycles. The largest absolute Gasteiger partial charge is 0.489 e. The molecular weight excluding hydrogens is 414 g/mol. The molecule has 0 amide bonds. The van der Waals surface area contributed by atoms with Gasteiger partial charge in [0.1, 0.15) is 17.5 Å². The van der Waals surface area contributed by atoms with Gasteiger partial charge in [-0.3, -0.25) is 0 Å². The standard InChI is InChI=1S/C23H22F2N6O/c1-12(26)30-31(27)7-2-8-32-23-21-17(15-9-13(24)3-5-19(15)28-21)11-18-16-10-14(25)4-6-20(16)29-22(18)23/h3-6,9-11,28-29H,2,7-8,27H2,1H3,(H2,26,30). The summed E-state index contributed by atoms with van der Waals surface area (Å²) in [6.07, 6.45) is 0.592. The van der Waals surface area contributed by atoms with Crippen LogP contribution in [0.1, 0.15) is 13.3 Å². The summed E-state index contributed by atoms with van der Waals surface area (Å²) in [6.45, 7) is 2.46. The third kappa shape index (κ3) is 3.46. The molecule has 0 saturated heterocycles. The number of nitrogens with two attached hydrogens (primary N) is 2. The minimum atomic E-state index is -0.329. The van der Waals surface area contributed by atoms with Crippen molar-refractivity contribution < 1.29 is 13.5 Å². The lowest BCUT2D eigenvalue weighted by molar-refractivity contribution is 0.247. The smallest absolute Gasteiger partial charge is 0.167 e. The van der Waals surface area contributed by atoms with Gasteiger partial charge >= 0.3 is 0 Å². The fourth-order valence-corrected chi connectivity index (χ4v) is 4.10. The Hall–Kier alpha value is -3.85. The second-order valence-electron chi connectivity index (χ2n) is 7.79. The molecule has 5 rings (SSSR count). The molecule has 9 heteroatoms. The quantitative estimate of drug-likeness (QED) is 0.104. The van der Waals surface area contributed by atoms with Crippen molar-refractivity contribution in [2.24, 2.45) is 16.7 Å². The molecule has 0 unspecified atom stereocenters. The highest BCUT2D eigenvalue weighted by molar-refractivity contribution is 6.20. The summed E-state index contributed by atoms with van der Waals surface area (Å²) in [6, 6.07) is 11.1. The zero-order chi connectivity index (χ0) is 22.4. The molecule has 7 nitrogen and oxygen atoms in total.